The number of carbonyl (C=O) groups is 2. The van der Waals surface area contributed by atoms with Crippen molar-refractivity contribution in [3.05, 3.63) is 88.7 Å². The lowest BCUT2D eigenvalue weighted by atomic mass is 10.0. The summed E-state index contributed by atoms with van der Waals surface area (Å²) in [6.45, 7) is 2.00. The minimum Gasteiger partial charge on any atom is -0.478 e. The summed E-state index contributed by atoms with van der Waals surface area (Å²) in [4.78, 5) is 23.8. The van der Waals surface area contributed by atoms with Crippen molar-refractivity contribution in [2.24, 2.45) is 0 Å². The zero-order valence-corrected chi connectivity index (χ0v) is 22.5. The molecule has 0 radical (unpaired) electrons. The highest BCUT2D eigenvalue weighted by Crippen LogP contribution is 2.46. The first-order valence-corrected chi connectivity index (χ1v) is 13.7. The Bertz CT molecular complexity index is 1490. The number of carboxylic acid groups (broad SMARTS) is 1. The molecule has 0 unspecified atom stereocenters. The minimum absolute atomic E-state index is 0.241. The smallest absolute Gasteiger partial charge is 0.335 e. The number of carboxylic acids is 1. The second-order valence-corrected chi connectivity index (χ2v) is 10.1. The molecule has 40 heavy (non-hydrogen) atoms. The number of amides is 1. The maximum absolute atomic E-state index is 13.5. The molecule has 3 N–H and O–H groups in total. The highest BCUT2D eigenvalue weighted by atomic mass is 19.1. The first-order valence-electron chi connectivity index (χ1n) is 13.7. The van der Waals surface area contributed by atoms with Crippen LogP contribution >= 0.6 is 0 Å². The zero-order chi connectivity index (χ0) is 28.1. The minimum atomic E-state index is -0.916. The highest BCUT2D eigenvalue weighted by molar-refractivity contribution is 6.11. The van der Waals surface area contributed by atoms with Gasteiger partial charge in [0.05, 0.1) is 11.1 Å². The molecule has 1 fully saturated rings. The van der Waals surface area contributed by atoms with Crippen LogP contribution in [0.3, 0.4) is 0 Å². The number of aryl methyl sites for hydroxylation is 1. The van der Waals surface area contributed by atoms with Gasteiger partial charge in [0, 0.05) is 49.5 Å². The number of aromatic carboxylic acids is 1. The molecule has 1 amide bonds. The number of anilines is 1. The van der Waals surface area contributed by atoms with Gasteiger partial charge in [-0.15, -0.1) is 0 Å². The lowest BCUT2D eigenvalue weighted by Crippen LogP contribution is -2.18. The van der Waals surface area contributed by atoms with E-state index >= 15 is 0 Å². The van der Waals surface area contributed by atoms with Gasteiger partial charge in [0.1, 0.15) is 17.2 Å². The number of furan rings is 1. The van der Waals surface area contributed by atoms with Crippen LogP contribution in [-0.2, 0) is 11.2 Å². The molecule has 1 aliphatic rings. The van der Waals surface area contributed by atoms with Crippen LogP contribution in [0.15, 0.2) is 65.1 Å². The third-order valence-electron chi connectivity index (χ3n) is 7.17. The van der Waals surface area contributed by atoms with Crippen molar-refractivity contribution in [1.82, 2.24) is 5.32 Å². The van der Waals surface area contributed by atoms with E-state index in [4.69, 9.17) is 14.3 Å². The summed E-state index contributed by atoms with van der Waals surface area (Å²) in [6, 6.07) is 17.0. The fraction of sp³-hybridized carbons (Fsp3) is 0.312. The van der Waals surface area contributed by atoms with Gasteiger partial charge in [-0.1, -0.05) is 12.1 Å². The second kappa shape index (κ2) is 12.3. The van der Waals surface area contributed by atoms with Gasteiger partial charge in [-0.2, -0.15) is 0 Å². The van der Waals surface area contributed by atoms with Crippen LogP contribution in [0.5, 0.6) is 0 Å². The van der Waals surface area contributed by atoms with Gasteiger partial charge in [0.2, 0.25) is 0 Å². The Labute approximate surface area is 232 Å². The fourth-order valence-electron chi connectivity index (χ4n) is 4.89. The van der Waals surface area contributed by atoms with Gasteiger partial charge in [-0.25, -0.2) is 9.18 Å². The molecule has 0 aliphatic heterocycles. The van der Waals surface area contributed by atoms with E-state index in [1.54, 1.807) is 31.3 Å². The van der Waals surface area contributed by atoms with E-state index in [2.05, 4.69) is 16.7 Å². The molecule has 1 aromatic heterocycles. The zero-order valence-electron chi connectivity index (χ0n) is 22.5. The number of hydrogen-bond donors (Lipinski definition) is 3. The maximum atomic E-state index is 13.5. The van der Waals surface area contributed by atoms with Crippen LogP contribution in [0.1, 0.15) is 63.4 Å². The Balaban J connectivity index is 1.20. The molecule has 0 atom stereocenters. The number of ether oxygens (including phenoxy) is 1. The largest absolute Gasteiger partial charge is 0.478 e. The fourth-order valence-corrected chi connectivity index (χ4v) is 4.89. The molecular weight excluding hydrogens is 511 g/mol. The molecule has 5 rings (SSSR count). The van der Waals surface area contributed by atoms with Gasteiger partial charge < -0.3 is 24.9 Å². The summed E-state index contributed by atoms with van der Waals surface area (Å²) in [5, 5.41) is 16.0. The lowest BCUT2D eigenvalue weighted by molar-refractivity contribution is 0.0696. The van der Waals surface area contributed by atoms with E-state index in [0.29, 0.717) is 47.2 Å². The number of hydrogen-bond acceptors (Lipinski definition) is 5. The van der Waals surface area contributed by atoms with Crippen LogP contribution in [0.25, 0.3) is 22.3 Å². The topological polar surface area (TPSA) is 101 Å². The third-order valence-corrected chi connectivity index (χ3v) is 7.17. The average molecular weight is 545 g/mol. The monoisotopic (exact) mass is 544 g/mol. The van der Waals surface area contributed by atoms with E-state index in [0.717, 1.165) is 55.3 Å². The Kier molecular flexibility index (Phi) is 8.45. The first-order chi connectivity index (χ1) is 19.4. The Morgan fingerprint density at radius 1 is 1.02 bits per heavy atom. The van der Waals surface area contributed by atoms with Gasteiger partial charge in [-0.05, 0) is 91.6 Å². The van der Waals surface area contributed by atoms with Crippen molar-refractivity contribution >= 4 is 28.5 Å². The standard InChI is InChI=1S/C32H33FN2O5/c1-34-31(36)29-26-18-25(21-9-10-21)27(19-28(26)40-30(29)22-11-13-24(33)14-12-22)35-15-3-17-39-16-2-4-20-5-7-23(8-6-20)32(37)38/h5-8,11-14,18-19,21,35H,2-4,9-10,15-17H2,1H3,(H,34,36)(H,37,38). The summed E-state index contributed by atoms with van der Waals surface area (Å²) in [6.07, 6.45) is 4.76. The first kappa shape index (κ1) is 27.4. The number of benzene rings is 3. The molecule has 0 bridgehead atoms. The van der Waals surface area contributed by atoms with Crippen molar-refractivity contribution in [2.75, 3.05) is 32.1 Å². The molecule has 4 aromatic rings. The SMILES string of the molecule is CNC(=O)c1c(-c2ccc(F)cc2)oc2cc(NCCCOCCCc3ccc(C(=O)O)cc3)c(C3CC3)cc12. The molecule has 1 heterocycles. The molecule has 0 spiro atoms. The van der Waals surface area contributed by atoms with Crippen LogP contribution in [0, 0.1) is 5.82 Å². The molecule has 208 valence electrons. The molecule has 7 nitrogen and oxygen atoms in total. The number of carbonyl (C=O) groups excluding carboxylic acids is 1. The van der Waals surface area contributed by atoms with Crippen molar-refractivity contribution < 1.29 is 28.2 Å². The number of nitrogens with one attached hydrogen (secondary N) is 2. The van der Waals surface area contributed by atoms with Gasteiger partial charge in [0.25, 0.3) is 5.91 Å². The Morgan fingerprint density at radius 3 is 2.42 bits per heavy atom. The molecular formula is C32H33FN2O5. The van der Waals surface area contributed by atoms with E-state index in [1.165, 1.54) is 17.7 Å². The average Bonchev–Trinajstić information content (AvgIpc) is 3.74. The quantitative estimate of drug-likeness (QED) is 0.164. The van der Waals surface area contributed by atoms with Gasteiger partial charge >= 0.3 is 5.97 Å². The lowest BCUT2D eigenvalue weighted by Gasteiger charge is -2.12. The molecule has 3 aromatic carbocycles. The van der Waals surface area contributed by atoms with E-state index in [-0.39, 0.29) is 11.7 Å². The molecule has 1 saturated carbocycles. The molecule has 1 aliphatic carbocycles. The van der Waals surface area contributed by atoms with Crippen LogP contribution in [0.4, 0.5) is 10.1 Å². The van der Waals surface area contributed by atoms with Crippen LogP contribution < -0.4 is 10.6 Å². The summed E-state index contributed by atoms with van der Waals surface area (Å²) in [5.74, 6) is -0.621. The normalized spacial score (nSPS) is 12.9. The summed E-state index contributed by atoms with van der Waals surface area (Å²) >= 11 is 0. The van der Waals surface area contributed by atoms with Crippen LogP contribution in [0.2, 0.25) is 0 Å². The number of rotatable bonds is 13. The second-order valence-electron chi connectivity index (χ2n) is 10.1. The predicted octanol–water partition coefficient (Wildman–Crippen LogP) is 6.63. The van der Waals surface area contributed by atoms with E-state index in [9.17, 15) is 14.0 Å². The number of fused-ring (bicyclic) bond motifs is 1. The Morgan fingerprint density at radius 2 is 1.75 bits per heavy atom. The molecule has 0 saturated heterocycles. The van der Waals surface area contributed by atoms with E-state index in [1.807, 2.05) is 18.2 Å². The Hall–Kier alpha value is -4.17. The summed E-state index contributed by atoms with van der Waals surface area (Å²) in [5.41, 5.74) is 5.29. The van der Waals surface area contributed by atoms with Crippen LogP contribution in [-0.4, -0.2) is 43.8 Å². The van der Waals surface area contributed by atoms with Gasteiger partial charge in [0.15, 0.2) is 0 Å². The van der Waals surface area contributed by atoms with Crippen molar-refractivity contribution in [3.63, 3.8) is 0 Å². The molecule has 8 heteroatoms. The van der Waals surface area contributed by atoms with E-state index < -0.39 is 5.97 Å². The maximum Gasteiger partial charge on any atom is 0.335 e. The van der Waals surface area contributed by atoms with Crippen molar-refractivity contribution in [2.45, 2.75) is 38.0 Å². The summed E-state index contributed by atoms with van der Waals surface area (Å²) < 4.78 is 25.5. The number of halogens is 1. The predicted molar refractivity (Wildman–Crippen MR) is 153 cm³/mol. The van der Waals surface area contributed by atoms with Crippen molar-refractivity contribution in [1.29, 1.82) is 0 Å². The van der Waals surface area contributed by atoms with Gasteiger partial charge in [-0.3, -0.25) is 4.79 Å². The van der Waals surface area contributed by atoms with Crippen molar-refractivity contribution in [3.8, 4) is 11.3 Å². The summed E-state index contributed by atoms with van der Waals surface area (Å²) in [7, 11) is 1.59. The third kappa shape index (κ3) is 6.34. The highest BCUT2D eigenvalue weighted by Gasteiger charge is 2.29.